The van der Waals surface area contributed by atoms with Crippen LogP contribution < -0.4 is 4.74 Å². The molecule has 0 bridgehead atoms. The van der Waals surface area contributed by atoms with Crippen molar-refractivity contribution in [3.05, 3.63) is 46.4 Å². The van der Waals surface area contributed by atoms with Gasteiger partial charge >= 0.3 is 6.18 Å². The van der Waals surface area contributed by atoms with Gasteiger partial charge in [0, 0.05) is 24.0 Å². The molecular formula is C14H9F3IN3O. The summed E-state index contributed by atoms with van der Waals surface area (Å²) < 4.78 is 43.6. The van der Waals surface area contributed by atoms with Crippen molar-refractivity contribution >= 4 is 28.1 Å². The van der Waals surface area contributed by atoms with E-state index in [1.165, 1.54) is 12.3 Å². The Morgan fingerprint density at radius 1 is 1.14 bits per heavy atom. The van der Waals surface area contributed by atoms with E-state index in [0.29, 0.717) is 0 Å². The zero-order valence-electron chi connectivity index (χ0n) is 11.0. The Balaban J connectivity index is 1.83. The molecule has 0 aliphatic carbocycles. The van der Waals surface area contributed by atoms with Gasteiger partial charge in [0.05, 0.1) is 15.3 Å². The summed E-state index contributed by atoms with van der Waals surface area (Å²) in [7, 11) is 0. The molecule has 3 aromatic rings. The summed E-state index contributed by atoms with van der Waals surface area (Å²) in [5.74, 6) is -0.0545. The third kappa shape index (κ3) is 3.32. The summed E-state index contributed by atoms with van der Waals surface area (Å²) in [6.45, 7) is -1.35. The molecule has 22 heavy (non-hydrogen) atoms. The molecule has 0 atom stereocenters. The van der Waals surface area contributed by atoms with Crippen LogP contribution in [-0.2, 0) is 0 Å². The average Bonchev–Trinajstić information content (AvgIpc) is 2.86. The fourth-order valence-electron chi connectivity index (χ4n) is 1.92. The van der Waals surface area contributed by atoms with Crippen molar-refractivity contribution in [2.45, 2.75) is 6.18 Å². The first kappa shape index (κ1) is 15.1. The van der Waals surface area contributed by atoms with Gasteiger partial charge in [0.15, 0.2) is 6.61 Å². The summed E-state index contributed by atoms with van der Waals surface area (Å²) in [6, 6.07) is 6.91. The number of halogens is 4. The van der Waals surface area contributed by atoms with Gasteiger partial charge in [0.2, 0.25) is 5.88 Å². The Labute approximate surface area is 137 Å². The van der Waals surface area contributed by atoms with Crippen LogP contribution in [0.15, 0.2) is 42.9 Å². The van der Waals surface area contributed by atoms with Crippen LogP contribution in [0.25, 0.3) is 16.6 Å². The molecule has 114 valence electrons. The second-order valence-electron chi connectivity index (χ2n) is 4.53. The number of nitrogens with zero attached hydrogens (tertiary/aromatic N) is 3. The van der Waals surface area contributed by atoms with Crippen LogP contribution in [0.3, 0.4) is 0 Å². The minimum Gasteiger partial charge on any atom is -0.468 e. The normalized spacial score (nSPS) is 11.8. The van der Waals surface area contributed by atoms with Gasteiger partial charge in [-0.2, -0.15) is 18.3 Å². The second kappa shape index (κ2) is 5.75. The molecule has 0 aliphatic heterocycles. The van der Waals surface area contributed by atoms with Crippen LogP contribution >= 0.6 is 22.6 Å². The van der Waals surface area contributed by atoms with Crippen LogP contribution in [0, 0.1) is 3.57 Å². The van der Waals surface area contributed by atoms with Crippen molar-refractivity contribution < 1.29 is 17.9 Å². The molecule has 0 aromatic carbocycles. The van der Waals surface area contributed by atoms with E-state index < -0.39 is 12.8 Å². The first-order valence-electron chi connectivity index (χ1n) is 6.21. The first-order chi connectivity index (χ1) is 10.4. The lowest BCUT2D eigenvalue weighted by atomic mass is 10.1. The molecule has 0 amide bonds. The molecule has 0 unspecified atom stereocenters. The molecule has 0 spiro atoms. The van der Waals surface area contributed by atoms with Gasteiger partial charge in [-0.1, -0.05) is 0 Å². The topological polar surface area (TPSA) is 39.4 Å². The van der Waals surface area contributed by atoms with Crippen LogP contribution in [0.1, 0.15) is 0 Å². The Kier molecular flexibility index (Phi) is 3.94. The van der Waals surface area contributed by atoms with Crippen molar-refractivity contribution in [1.82, 2.24) is 14.6 Å². The van der Waals surface area contributed by atoms with Crippen LogP contribution in [-0.4, -0.2) is 27.4 Å². The zero-order chi connectivity index (χ0) is 15.7. The highest BCUT2D eigenvalue weighted by Gasteiger charge is 2.28. The van der Waals surface area contributed by atoms with Gasteiger partial charge in [-0.15, -0.1) is 0 Å². The Morgan fingerprint density at radius 2 is 1.95 bits per heavy atom. The minimum absolute atomic E-state index is 0.0545. The number of pyridine rings is 2. The van der Waals surface area contributed by atoms with Crippen molar-refractivity contribution in [1.29, 1.82) is 0 Å². The summed E-state index contributed by atoms with van der Waals surface area (Å²) in [6.07, 6.45) is 0.692. The fraction of sp³-hybridized carbons (Fsp3) is 0.143. The molecule has 3 heterocycles. The lowest BCUT2D eigenvalue weighted by Gasteiger charge is -2.08. The molecule has 0 saturated carbocycles. The van der Waals surface area contributed by atoms with Crippen LogP contribution in [0.2, 0.25) is 0 Å². The first-order valence-corrected chi connectivity index (χ1v) is 7.29. The lowest BCUT2D eigenvalue weighted by molar-refractivity contribution is -0.154. The predicted octanol–water partition coefficient (Wildman–Crippen LogP) is 3.94. The van der Waals surface area contributed by atoms with E-state index >= 15 is 0 Å². The minimum atomic E-state index is -4.37. The highest BCUT2D eigenvalue weighted by Crippen LogP contribution is 2.24. The monoisotopic (exact) mass is 419 g/mol. The maximum absolute atomic E-state index is 12.1. The number of hydrogen-bond donors (Lipinski definition) is 0. The van der Waals surface area contributed by atoms with Gasteiger partial charge in [-0.05, 0) is 46.4 Å². The van der Waals surface area contributed by atoms with E-state index in [1.54, 1.807) is 16.8 Å². The fourth-order valence-corrected chi connectivity index (χ4v) is 2.45. The number of alkyl halides is 3. The third-order valence-corrected chi connectivity index (χ3v) is 3.76. The van der Waals surface area contributed by atoms with Gasteiger partial charge in [0.1, 0.15) is 0 Å². The van der Waals surface area contributed by atoms with E-state index in [2.05, 4.69) is 37.4 Å². The van der Waals surface area contributed by atoms with Crippen LogP contribution in [0.5, 0.6) is 5.88 Å². The summed E-state index contributed by atoms with van der Waals surface area (Å²) in [4.78, 5) is 3.90. The number of aromatic nitrogens is 3. The van der Waals surface area contributed by atoms with Gasteiger partial charge in [0.25, 0.3) is 0 Å². The van der Waals surface area contributed by atoms with Crippen molar-refractivity contribution in [3.8, 4) is 17.0 Å². The van der Waals surface area contributed by atoms with Crippen molar-refractivity contribution in [3.63, 3.8) is 0 Å². The zero-order valence-corrected chi connectivity index (χ0v) is 13.2. The Morgan fingerprint density at radius 3 is 2.64 bits per heavy atom. The largest absolute Gasteiger partial charge is 0.468 e. The maximum Gasteiger partial charge on any atom is 0.422 e. The Hall–Kier alpha value is -1.84. The van der Waals surface area contributed by atoms with E-state index in [1.807, 2.05) is 18.3 Å². The molecule has 0 saturated heterocycles. The van der Waals surface area contributed by atoms with E-state index in [0.717, 1.165) is 20.2 Å². The highest BCUT2D eigenvalue weighted by molar-refractivity contribution is 14.1. The third-order valence-electron chi connectivity index (χ3n) is 2.93. The van der Waals surface area contributed by atoms with E-state index in [-0.39, 0.29) is 5.88 Å². The molecule has 0 fully saturated rings. The number of hydrogen-bond acceptors (Lipinski definition) is 3. The van der Waals surface area contributed by atoms with Gasteiger partial charge in [-0.25, -0.2) is 9.50 Å². The molecule has 8 heteroatoms. The standard InChI is InChI=1S/C14H9F3IN3O/c15-14(16,17)8-22-13-2-1-10(6-19-13)9-3-4-21-12(5-9)11(18)7-20-21/h1-7H,8H2. The second-order valence-corrected chi connectivity index (χ2v) is 5.69. The average molecular weight is 419 g/mol. The number of rotatable bonds is 3. The summed E-state index contributed by atoms with van der Waals surface area (Å²) >= 11 is 2.19. The van der Waals surface area contributed by atoms with Gasteiger partial charge < -0.3 is 4.74 Å². The summed E-state index contributed by atoms with van der Waals surface area (Å²) in [5, 5.41) is 4.18. The van der Waals surface area contributed by atoms with E-state index in [9.17, 15) is 13.2 Å². The molecule has 0 aliphatic rings. The maximum atomic E-state index is 12.1. The van der Waals surface area contributed by atoms with Gasteiger partial charge in [-0.3, -0.25) is 0 Å². The molecular weight excluding hydrogens is 410 g/mol. The molecule has 3 rings (SSSR count). The molecule has 0 N–H and O–H groups in total. The summed E-state index contributed by atoms with van der Waals surface area (Å²) in [5.41, 5.74) is 2.65. The quantitative estimate of drug-likeness (QED) is 0.604. The number of fused-ring (bicyclic) bond motifs is 1. The van der Waals surface area contributed by atoms with Crippen molar-refractivity contribution in [2.75, 3.05) is 6.61 Å². The highest BCUT2D eigenvalue weighted by atomic mass is 127. The van der Waals surface area contributed by atoms with Crippen LogP contribution in [0.4, 0.5) is 13.2 Å². The predicted molar refractivity (Wildman–Crippen MR) is 82.7 cm³/mol. The Bertz CT molecular complexity index is 799. The van der Waals surface area contributed by atoms with E-state index in [4.69, 9.17) is 0 Å². The SMILES string of the molecule is FC(F)(F)COc1ccc(-c2ccn3ncc(I)c3c2)cn1. The smallest absolute Gasteiger partial charge is 0.422 e. The molecule has 3 aromatic heterocycles. The molecule has 4 nitrogen and oxygen atoms in total. The van der Waals surface area contributed by atoms with Crippen molar-refractivity contribution in [2.24, 2.45) is 0 Å². The number of ether oxygens (including phenoxy) is 1. The molecule has 0 radical (unpaired) electrons. The lowest BCUT2D eigenvalue weighted by Crippen LogP contribution is -2.19.